The molecule has 16 heavy (non-hydrogen) atoms. The third-order valence-corrected chi connectivity index (χ3v) is 3.31. The van der Waals surface area contributed by atoms with E-state index in [4.69, 9.17) is 5.11 Å². The molecule has 1 unspecified atom stereocenters. The molecule has 3 nitrogen and oxygen atoms in total. The number of likely N-dealkylation sites (tertiary alicyclic amines) is 1. The van der Waals surface area contributed by atoms with E-state index in [1.807, 2.05) is 0 Å². The largest absolute Gasteiger partial charge is 0.481 e. The van der Waals surface area contributed by atoms with Crippen molar-refractivity contribution >= 4 is 5.97 Å². The van der Waals surface area contributed by atoms with Crippen LogP contribution in [0.1, 0.15) is 46.5 Å². The highest BCUT2D eigenvalue weighted by atomic mass is 16.4. The summed E-state index contributed by atoms with van der Waals surface area (Å²) in [6, 6.07) is 0. The maximum absolute atomic E-state index is 10.5. The lowest BCUT2D eigenvalue weighted by atomic mass is 9.92. The van der Waals surface area contributed by atoms with Crippen LogP contribution in [-0.4, -0.2) is 35.6 Å². The lowest BCUT2D eigenvalue weighted by molar-refractivity contribution is -0.137. The van der Waals surface area contributed by atoms with Crippen LogP contribution in [0.15, 0.2) is 0 Å². The summed E-state index contributed by atoms with van der Waals surface area (Å²) in [6.45, 7) is 10.2. The van der Waals surface area contributed by atoms with E-state index in [0.717, 1.165) is 26.1 Å². The Bertz CT molecular complexity index is 233. The zero-order valence-electron chi connectivity index (χ0n) is 10.8. The van der Waals surface area contributed by atoms with Crippen LogP contribution in [0.2, 0.25) is 0 Å². The fourth-order valence-corrected chi connectivity index (χ4v) is 2.17. The summed E-state index contributed by atoms with van der Waals surface area (Å²) in [5, 5.41) is 8.64. The van der Waals surface area contributed by atoms with E-state index >= 15 is 0 Å². The third kappa shape index (κ3) is 5.50. The number of carboxylic acid groups (broad SMARTS) is 1. The minimum absolute atomic E-state index is 0.331. The lowest BCUT2D eigenvalue weighted by Gasteiger charge is -2.23. The Morgan fingerprint density at radius 1 is 1.44 bits per heavy atom. The number of nitrogens with zero attached hydrogens (tertiary/aromatic N) is 1. The van der Waals surface area contributed by atoms with Crippen molar-refractivity contribution < 1.29 is 9.90 Å². The van der Waals surface area contributed by atoms with Crippen LogP contribution in [-0.2, 0) is 4.79 Å². The average Bonchev–Trinajstić information content (AvgIpc) is 2.58. The smallest absolute Gasteiger partial charge is 0.303 e. The molecule has 1 heterocycles. The van der Waals surface area contributed by atoms with Gasteiger partial charge in [-0.1, -0.05) is 20.8 Å². The van der Waals surface area contributed by atoms with Gasteiger partial charge < -0.3 is 10.0 Å². The van der Waals surface area contributed by atoms with Crippen molar-refractivity contribution in [1.29, 1.82) is 0 Å². The Hall–Kier alpha value is -0.570. The first-order valence-electron chi connectivity index (χ1n) is 6.31. The molecular formula is C13H25NO2. The first-order valence-corrected chi connectivity index (χ1v) is 6.31. The van der Waals surface area contributed by atoms with Gasteiger partial charge in [-0.05, 0) is 43.7 Å². The van der Waals surface area contributed by atoms with Gasteiger partial charge in [0.2, 0.25) is 0 Å². The molecule has 3 heteroatoms. The van der Waals surface area contributed by atoms with E-state index in [2.05, 4.69) is 25.7 Å². The fraction of sp³-hybridized carbons (Fsp3) is 0.923. The molecule has 1 fully saturated rings. The van der Waals surface area contributed by atoms with Gasteiger partial charge in [-0.15, -0.1) is 0 Å². The van der Waals surface area contributed by atoms with Crippen molar-refractivity contribution in [2.24, 2.45) is 11.3 Å². The van der Waals surface area contributed by atoms with Crippen molar-refractivity contribution in [2.75, 3.05) is 19.6 Å². The van der Waals surface area contributed by atoms with Crippen molar-refractivity contribution in [1.82, 2.24) is 4.90 Å². The average molecular weight is 227 g/mol. The summed E-state index contributed by atoms with van der Waals surface area (Å²) >= 11 is 0. The number of aliphatic carboxylic acids is 1. The normalized spacial score (nSPS) is 22.6. The Morgan fingerprint density at radius 2 is 2.12 bits per heavy atom. The standard InChI is InChI=1S/C13H25NO2/c1-13(2,3)7-9-14-8-6-11(10-14)4-5-12(15)16/h11H,4-10H2,1-3H3,(H,15,16). The molecule has 0 spiro atoms. The molecule has 1 N–H and O–H groups in total. The van der Waals surface area contributed by atoms with Crippen LogP contribution in [0.25, 0.3) is 0 Å². The van der Waals surface area contributed by atoms with Gasteiger partial charge in [0.05, 0.1) is 0 Å². The molecule has 1 aliphatic rings. The first kappa shape index (κ1) is 13.5. The molecular weight excluding hydrogens is 202 g/mol. The van der Waals surface area contributed by atoms with E-state index in [0.29, 0.717) is 17.8 Å². The van der Waals surface area contributed by atoms with Crippen molar-refractivity contribution in [3.8, 4) is 0 Å². The molecule has 0 bridgehead atoms. The molecule has 0 aliphatic carbocycles. The first-order chi connectivity index (χ1) is 7.37. The summed E-state index contributed by atoms with van der Waals surface area (Å²) in [6.07, 6.45) is 3.58. The van der Waals surface area contributed by atoms with Crippen LogP contribution in [0.5, 0.6) is 0 Å². The van der Waals surface area contributed by atoms with Crippen LogP contribution >= 0.6 is 0 Å². The second kappa shape index (κ2) is 5.67. The number of rotatable bonds is 5. The summed E-state index contributed by atoms with van der Waals surface area (Å²) < 4.78 is 0. The van der Waals surface area contributed by atoms with E-state index in [-0.39, 0.29) is 0 Å². The Balaban J connectivity index is 2.17. The van der Waals surface area contributed by atoms with Crippen molar-refractivity contribution in [2.45, 2.75) is 46.5 Å². The monoisotopic (exact) mass is 227 g/mol. The zero-order valence-corrected chi connectivity index (χ0v) is 10.8. The van der Waals surface area contributed by atoms with Crippen molar-refractivity contribution in [3.63, 3.8) is 0 Å². The van der Waals surface area contributed by atoms with Gasteiger partial charge in [-0.2, -0.15) is 0 Å². The number of hydrogen-bond donors (Lipinski definition) is 1. The Labute approximate surface area is 98.8 Å². The summed E-state index contributed by atoms with van der Waals surface area (Å²) in [5.41, 5.74) is 0.402. The predicted octanol–water partition coefficient (Wildman–Crippen LogP) is 2.61. The second-order valence-corrected chi connectivity index (χ2v) is 6.20. The Kier molecular flexibility index (Phi) is 4.78. The number of carbonyl (C=O) groups is 1. The highest BCUT2D eigenvalue weighted by Crippen LogP contribution is 2.24. The highest BCUT2D eigenvalue weighted by Gasteiger charge is 2.23. The van der Waals surface area contributed by atoms with Gasteiger partial charge in [-0.3, -0.25) is 4.79 Å². The SMILES string of the molecule is CC(C)(C)CCN1CCC(CCC(=O)O)C1. The zero-order chi connectivity index (χ0) is 12.2. The van der Waals surface area contributed by atoms with Crippen LogP contribution in [0.4, 0.5) is 0 Å². The predicted molar refractivity (Wildman–Crippen MR) is 65.5 cm³/mol. The van der Waals surface area contributed by atoms with Crippen molar-refractivity contribution in [3.05, 3.63) is 0 Å². The fourth-order valence-electron chi connectivity index (χ4n) is 2.17. The van der Waals surface area contributed by atoms with E-state index < -0.39 is 5.97 Å². The maximum Gasteiger partial charge on any atom is 0.303 e. The van der Waals surface area contributed by atoms with Crippen LogP contribution in [0, 0.1) is 11.3 Å². The number of hydrogen-bond acceptors (Lipinski definition) is 2. The minimum Gasteiger partial charge on any atom is -0.481 e. The second-order valence-electron chi connectivity index (χ2n) is 6.20. The van der Waals surface area contributed by atoms with E-state index in [9.17, 15) is 4.79 Å². The van der Waals surface area contributed by atoms with Crippen LogP contribution < -0.4 is 0 Å². The van der Waals surface area contributed by atoms with Gasteiger partial charge in [0.1, 0.15) is 0 Å². The Morgan fingerprint density at radius 3 is 2.69 bits per heavy atom. The summed E-state index contributed by atoms with van der Waals surface area (Å²) in [7, 11) is 0. The maximum atomic E-state index is 10.5. The molecule has 0 aromatic rings. The van der Waals surface area contributed by atoms with Crippen LogP contribution in [0.3, 0.4) is 0 Å². The lowest BCUT2D eigenvalue weighted by Crippen LogP contribution is -2.25. The molecule has 0 aromatic carbocycles. The molecule has 1 aliphatic heterocycles. The summed E-state index contributed by atoms with van der Waals surface area (Å²) in [4.78, 5) is 13.0. The quantitative estimate of drug-likeness (QED) is 0.785. The van der Waals surface area contributed by atoms with Gasteiger partial charge in [-0.25, -0.2) is 0 Å². The van der Waals surface area contributed by atoms with Gasteiger partial charge in [0.15, 0.2) is 0 Å². The molecule has 1 saturated heterocycles. The molecule has 0 aromatic heterocycles. The molecule has 0 saturated carbocycles. The molecule has 0 amide bonds. The molecule has 94 valence electrons. The van der Waals surface area contributed by atoms with E-state index in [1.54, 1.807) is 0 Å². The van der Waals surface area contributed by atoms with Gasteiger partial charge in [0, 0.05) is 13.0 Å². The highest BCUT2D eigenvalue weighted by molar-refractivity contribution is 5.66. The van der Waals surface area contributed by atoms with Gasteiger partial charge >= 0.3 is 5.97 Å². The topological polar surface area (TPSA) is 40.5 Å². The van der Waals surface area contributed by atoms with E-state index in [1.165, 1.54) is 12.8 Å². The molecule has 0 radical (unpaired) electrons. The number of carboxylic acids is 1. The molecule has 1 atom stereocenters. The molecule has 1 rings (SSSR count). The minimum atomic E-state index is -0.659. The third-order valence-electron chi connectivity index (χ3n) is 3.31. The van der Waals surface area contributed by atoms with Gasteiger partial charge in [0.25, 0.3) is 0 Å². The summed E-state index contributed by atoms with van der Waals surface area (Å²) in [5.74, 6) is -0.0517.